The van der Waals surface area contributed by atoms with E-state index in [0.29, 0.717) is 25.9 Å². The zero-order valence-corrected chi connectivity index (χ0v) is 15.1. The smallest absolute Gasteiger partial charge is 0.227 e. The predicted octanol–water partition coefficient (Wildman–Crippen LogP) is 3.29. The average molecular weight is 364 g/mol. The maximum absolute atomic E-state index is 13.8. The van der Waals surface area contributed by atoms with Gasteiger partial charge in [-0.3, -0.25) is 9.59 Å². The van der Waals surface area contributed by atoms with Gasteiger partial charge in [-0.25, -0.2) is 8.78 Å². The second-order valence-corrected chi connectivity index (χ2v) is 7.89. The molecule has 6 heteroatoms. The van der Waals surface area contributed by atoms with E-state index in [4.69, 9.17) is 5.73 Å². The molecule has 0 aromatic heterocycles. The van der Waals surface area contributed by atoms with Gasteiger partial charge in [0.15, 0.2) is 5.78 Å². The van der Waals surface area contributed by atoms with Gasteiger partial charge in [-0.2, -0.15) is 0 Å². The molecule has 1 saturated heterocycles. The molecule has 1 aromatic carbocycles. The molecule has 1 saturated carbocycles. The summed E-state index contributed by atoms with van der Waals surface area (Å²) < 4.78 is 27.2. The van der Waals surface area contributed by atoms with Crippen molar-refractivity contribution in [2.45, 2.75) is 51.0 Å². The molecule has 2 fully saturated rings. The zero-order chi connectivity index (χ0) is 18.9. The summed E-state index contributed by atoms with van der Waals surface area (Å²) in [4.78, 5) is 27.2. The Bertz CT molecular complexity index is 697. The molecule has 1 aromatic rings. The summed E-state index contributed by atoms with van der Waals surface area (Å²) >= 11 is 0. The lowest BCUT2D eigenvalue weighted by molar-refractivity contribution is -0.140. The number of benzene rings is 1. The Kier molecular flexibility index (Phi) is 5.42. The largest absolute Gasteiger partial charge is 0.342 e. The van der Waals surface area contributed by atoms with E-state index in [2.05, 4.69) is 0 Å². The molecule has 4 nitrogen and oxygen atoms in total. The minimum atomic E-state index is -0.698. The Morgan fingerprint density at radius 1 is 1.15 bits per heavy atom. The van der Waals surface area contributed by atoms with Crippen molar-refractivity contribution in [3.05, 3.63) is 35.4 Å². The maximum Gasteiger partial charge on any atom is 0.227 e. The first-order valence-corrected chi connectivity index (χ1v) is 9.36. The van der Waals surface area contributed by atoms with Gasteiger partial charge >= 0.3 is 0 Å². The maximum atomic E-state index is 13.8. The van der Waals surface area contributed by atoms with Crippen LogP contribution in [0, 0.1) is 23.5 Å². The first-order valence-electron chi connectivity index (χ1n) is 9.36. The van der Waals surface area contributed by atoms with Crippen LogP contribution in [-0.4, -0.2) is 35.2 Å². The van der Waals surface area contributed by atoms with Crippen LogP contribution in [-0.2, 0) is 4.79 Å². The third-order valence-corrected chi connectivity index (χ3v) is 5.92. The number of carbonyl (C=O) groups excluding carboxylic acids is 2. The first-order chi connectivity index (χ1) is 12.3. The Morgan fingerprint density at radius 2 is 1.85 bits per heavy atom. The fraction of sp³-hybridized carbons (Fsp3) is 0.600. The molecule has 2 unspecified atom stereocenters. The number of rotatable bonds is 3. The quantitative estimate of drug-likeness (QED) is 0.837. The summed E-state index contributed by atoms with van der Waals surface area (Å²) in [5.41, 5.74) is 5.66. The number of piperidine rings is 1. The van der Waals surface area contributed by atoms with Crippen LogP contribution in [0.3, 0.4) is 0 Å². The van der Waals surface area contributed by atoms with Gasteiger partial charge in [0.1, 0.15) is 11.6 Å². The summed E-state index contributed by atoms with van der Waals surface area (Å²) in [6.07, 6.45) is 4.64. The van der Waals surface area contributed by atoms with Gasteiger partial charge < -0.3 is 10.6 Å². The van der Waals surface area contributed by atoms with Gasteiger partial charge in [0.05, 0.1) is 11.5 Å². The highest BCUT2D eigenvalue weighted by atomic mass is 19.1. The van der Waals surface area contributed by atoms with Gasteiger partial charge in [-0.1, -0.05) is 12.8 Å². The van der Waals surface area contributed by atoms with E-state index in [9.17, 15) is 18.4 Å². The lowest BCUT2D eigenvalue weighted by Gasteiger charge is -2.41. The molecule has 0 spiro atoms. The number of hydrogen-bond donors (Lipinski definition) is 1. The fourth-order valence-corrected chi connectivity index (χ4v) is 4.25. The van der Waals surface area contributed by atoms with Crippen molar-refractivity contribution in [3.8, 4) is 0 Å². The Hall–Kier alpha value is -1.82. The molecular formula is C20H26F2N2O2. The molecule has 2 aliphatic rings. The number of ketones is 1. The zero-order valence-electron chi connectivity index (χ0n) is 15.1. The van der Waals surface area contributed by atoms with Crippen LogP contribution < -0.4 is 5.73 Å². The molecule has 0 bridgehead atoms. The van der Waals surface area contributed by atoms with Crippen molar-refractivity contribution in [1.82, 2.24) is 4.90 Å². The average Bonchev–Trinajstić information content (AvgIpc) is 2.62. The predicted molar refractivity (Wildman–Crippen MR) is 94.5 cm³/mol. The van der Waals surface area contributed by atoms with Gasteiger partial charge in [-0.05, 0) is 50.8 Å². The fourth-order valence-electron chi connectivity index (χ4n) is 4.25. The lowest BCUT2D eigenvalue weighted by Crippen LogP contribution is -2.55. The summed E-state index contributed by atoms with van der Waals surface area (Å²) in [5.74, 6) is -2.19. The highest BCUT2D eigenvalue weighted by molar-refractivity contribution is 5.98. The van der Waals surface area contributed by atoms with Gasteiger partial charge in [-0.15, -0.1) is 0 Å². The van der Waals surface area contributed by atoms with E-state index in [1.54, 1.807) is 4.90 Å². The van der Waals surface area contributed by atoms with E-state index in [1.807, 2.05) is 6.92 Å². The van der Waals surface area contributed by atoms with Crippen LogP contribution in [0.25, 0.3) is 0 Å². The van der Waals surface area contributed by atoms with Crippen molar-refractivity contribution >= 4 is 11.7 Å². The summed E-state index contributed by atoms with van der Waals surface area (Å²) in [6.45, 7) is 2.86. The molecule has 0 radical (unpaired) electrons. The molecule has 1 aliphatic heterocycles. The minimum Gasteiger partial charge on any atom is -0.342 e. The second kappa shape index (κ2) is 7.43. The van der Waals surface area contributed by atoms with Crippen LogP contribution in [0.2, 0.25) is 0 Å². The minimum absolute atomic E-state index is 0.0672. The summed E-state index contributed by atoms with van der Waals surface area (Å²) in [5, 5.41) is 0. The van der Waals surface area contributed by atoms with E-state index in [0.717, 1.165) is 43.9 Å². The van der Waals surface area contributed by atoms with E-state index in [-0.39, 0.29) is 29.1 Å². The first kappa shape index (κ1) is 19.0. The number of hydrogen-bond acceptors (Lipinski definition) is 3. The van der Waals surface area contributed by atoms with Crippen LogP contribution in [0.15, 0.2) is 18.2 Å². The third kappa shape index (κ3) is 3.80. The molecular weight excluding hydrogens is 338 g/mol. The Balaban J connectivity index is 1.63. The number of amides is 1. The van der Waals surface area contributed by atoms with E-state index >= 15 is 0 Å². The SMILES string of the molecule is CC1(N)CCCCC1C(=O)N1CCC(C(=O)c2cc(F)ccc2F)CC1. The third-order valence-electron chi connectivity index (χ3n) is 5.92. The van der Waals surface area contributed by atoms with Crippen molar-refractivity contribution in [3.63, 3.8) is 0 Å². The Labute approximate surface area is 152 Å². The molecule has 2 N–H and O–H groups in total. The number of Topliss-reactive ketones (excluding diaryl/α,β-unsaturated/α-hetero) is 1. The standard InChI is InChI=1S/C20H26F2N2O2/c1-20(23)9-3-2-4-16(20)19(26)24-10-7-13(8-11-24)18(25)15-12-14(21)5-6-17(15)22/h5-6,12-13,16H,2-4,7-11,23H2,1H3. The van der Waals surface area contributed by atoms with Gasteiger partial charge in [0.2, 0.25) is 5.91 Å². The van der Waals surface area contributed by atoms with Crippen LogP contribution >= 0.6 is 0 Å². The number of halogens is 2. The normalized spacial score (nSPS) is 27.4. The molecule has 1 aliphatic carbocycles. The second-order valence-electron chi connectivity index (χ2n) is 7.89. The van der Waals surface area contributed by atoms with Crippen molar-refractivity contribution in [2.75, 3.05) is 13.1 Å². The summed E-state index contributed by atoms with van der Waals surface area (Å²) in [7, 11) is 0. The number of likely N-dealkylation sites (tertiary alicyclic amines) is 1. The van der Waals surface area contributed by atoms with E-state index in [1.165, 1.54) is 0 Å². The highest BCUT2D eigenvalue weighted by Crippen LogP contribution is 2.34. The number of nitrogens with zero attached hydrogens (tertiary/aromatic N) is 1. The van der Waals surface area contributed by atoms with Crippen LogP contribution in [0.4, 0.5) is 8.78 Å². The lowest BCUT2D eigenvalue weighted by atomic mass is 9.73. The van der Waals surface area contributed by atoms with Crippen molar-refractivity contribution < 1.29 is 18.4 Å². The molecule has 3 rings (SSSR count). The molecule has 142 valence electrons. The van der Waals surface area contributed by atoms with Crippen molar-refractivity contribution in [1.29, 1.82) is 0 Å². The number of nitrogens with two attached hydrogens (primary N) is 1. The van der Waals surface area contributed by atoms with E-state index < -0.39 is 17.2 Å². The molecule has 1 amide bonds. The van der Waals surface area contributed by atoms with Crippen LogP contribution in [0.1, 0.15) is 55.8 Å². The summed E-state index contributed by atoms with van der Waals surface area (Å²) in [6, 6.07) is 2.94. The van der Waals surface area contributed by atoms with Gasteiger partial charge in [0, 0.05) is 24.5 Å². The molecule has 1 heterocycles. The number of carbonyl (C=O) groups is 2. The topological polar surface area (TPSA) is 63.4 Å². The molecule has 26 heavy (non-hydrogen) atoms. The Morgan fingerprint density at radius 3 is 2.50 bits per heavy atom. The molecule has 2 atom stereocenters. The van der Waals surface area contributed by atoms with Gasteiger partial charge in [0.25, 0.3) is 0 Å². The van der Waals surface area contributed by atoms with Crippen molar-refractivity contribution in [2.24, 2.45) is 17.6 Å². The van der Waals surface area contributed by atoms with Crippen LogP contribution in [0.5, 0.6) is 0 Å². The monoisotopic (exact) mass is 364 g/mol. The highest BCUT2D eigenvalue weighted by Gasteiger charge is 2.41.